The molecule has 4 aromatic rings. The van der Waals surface area contributed by atoms with Crippen LogP contribution in [0, 0.1) is 5.82 Å². The van der Waals surface area contributed by atoms with Gasteiger partial charge in [0.1, 0.15) is 18.1 Å². The van der Waals surface area contributed by atoms with Crippen LogP contribution in [0.15, 0.2) is 97.2 Å². The normalized spacial score (nSPS) is 10.8. The maximum absolute atomic E-state index is 13.9. The molecule has 7 nitrogen and oxygen atoms in total. The van der Waals surface area contributed by atoms with Crippen molar-refractivity contribution in [3.8, 4) is 5.75 Å². The van der Waals surface area contributed by atoms with Gasteiger partial charge >= 0.3 is 0 Å². The van der Waals surface area contributed by atoms with Crippen molar-refractivity contribution in [1.82, 2.24) is 14.4 Å². The molecule has 0 fully saturated rings. The molecule has 4 rings (SSSR count). The largest absolute Gasteiger partial charge is 0.497 e. The number of hydrogen-bond acceptors (Lipinski definition) is 4. The van der Waals surface area contributed by atoms with E-state index in [0.717, 1.165) is 16.8 Å². The van der Waals surface area contributed by atoms with Crippen molar-refractivity contribution in [2.75, 3.05) is 33.9 Å². The van der Waals surface area contributed by atoms with Crippen molar-refractivity contribution < 1.29 is 23.5 Å². The van der Waals surface area contributed by atoms with Crippen LogP contribution in [-0.2, 0) is 29.2 Å². The van der Waals surface area contributed by atoms with Gasteiger partial charge in [0.15, 0.2) is 0 Å². The summed E-state index contributed by atoms with van der Waals surface area (Å²) in [4.78, 5) is 30.8. The summed E-state index contributed by atoms with van der Waals surface area (Å²) in [6, 6.07) is 27.1. The predicted molar refractivity (Wildman–Crippen MR) is 156 cm³/mol. The van der Waals surface area contributed by atoms with Gasteiger partial charge in [-0.25, -0.2) is 4.39 Å². The monoisotopic (exact) mass is 557 g/mol. The average molecular weight is 558 g/mol. The van der Waals surface area contributed by atoms with E-state index < -0.39 is 0 Å². The molecular weight excluding hydrogens is 521 g/mol. The minimum atomic E-state index is -0.278. The van der Waals surface area contributed by atoms with E-state index >= 15 is 0 Å². The molecule has 0 unspecified atom stereocenters. The molecule has 0 N–H and O–H groups in total. The summed E-state index contributed by atoms with van der Waals surface area (Å²) in [5, 5.41) is 0. The fraction of sp³-hybridized carbons (Fsp3) is 0.273. The van der Waals surface area contributed by atoms with E-state index in [0.29, 0.717) is 50.5 Å². The van der Waals surface area contributed by atoms with Gasteiger partial charge in [-0.15, -0.1) is 0 Å². The molecular formula is C33H36FN3O4. The number of halogens is 1. The fourth-order valence-corrected chi connectivity index (χ4v) is 4.62. The van der Waals surface area contributed by atoms with Crippen molar-refractivity contribution in [2.45, 2.75) is 26.1 Å². The summed E-state index contributed by atoms with van der Waals surface area (Å²) in [5.41, 5.74) is 3.33. The smallest absolute Gasteiger partial charge is 0.254 e. The number of hydrogen-bond donors (Lipinski definition) is 0. The minimum Gasteiger partial charge on any atom is -0.497 e. The Bertz CT molecular complexity index is 1410. The standard InChI is InChI=1S/C33H36FN3O4/c1-40-20-8-19-36(33(39)28-11-6-13-31(21-28)41-2)25-32(38)37(23-26-9-4-3-5-10-26)24-30-12-7-18-35(30)22-27-14-16-29(34)17-15-27/h3-7,9-18,21H,8,19-20,22-25H2,1-2H3. The number of carbonyl (C=O) groups is 2. The third-order valence-corrected chi connectivity index (χ3v) is 6.82. The van der Waals surface area contributed by atoms with E-state index in [1.165, 1.54) is 12.1 Å². The Morgan fingerprint density at radius 3 is 2.34 bits per heavy atom. The van der Waals surface area contributed by atoms with Crippen LogP contribution in [0.1, 0.15) is 33.6 Å². The van der Waals surface area contributed by atoms with Gasteiger partial charge in [-0.3, -0.25) is 9.59 Å². The molecule has 8 heteroatoms. The molecule has 0 aliphatic rings. The number of methoxy groups -OCH3 is 2. The van der Waals surface area contributed by atoms with Crippen molar-refractivity contribution in [3.63, 3.8) is 0 Å². The second-order valence-electron chi connectivity index (χ2n) is 9.79. The Kier molecular flexibility index (Phi) is 10.7. The molecule has 0 saturated heterocycles. The Balaban J connectivity index is 1.56. The predicted octanol–water partition coefficient (Wildman–Crippen LogP) is 5.39. The van der Waals surface area contributed by atoms with E-state index in [4.69, 9.17) is 9.47 Å². The lowest BCUT2D eigenvalue weighted by Crippen LogP contribution is -2.43. The topological polar surface area (TPSA) is 64.0 Å². The lowest BCUT2D eigenvalue weighted by Gasteiger charge is -2.28. The first-order chi connectivity index (χ1) is 20.0. The summed E-state index contributed by atoms with van der Waals surface area (Å²) in [5.74, 6) is -0.115. The molecule has 0 aliphatic heterocycles. The van der Waals surface area contributed by atoms with Crippen LogP contribution in [-0.4, -0.2) is 60.1 Å². The van der Waals surface area contributed by atoms with Crippen LogP contribution in [0.25, 0.3) is 0 Å². The zero-order valence-corrected chi connectivity index (χ0v) is 23.5. The van der Waals surface area contributed by atoms with Gasteiger partial charge in [0, 0.05) is 50.8 Å². The first-order valence-corrected chi connectivity index (χ1v) is 13.6. The van der Waals surface area contributed by atoms with E-state index in [-0.39, 0.29) is 24.2 Å². The Morgan fingerprint density at radius 1 is 0.829 bits per heavy atom. The van der Waals surface area contributed by atoms with Crippen molar-refractivity contribution in [1.29, 1.82) is 0 Å². The third kappa shape index (κ3) is 8.53. The highest BCUT2D eigenvalue weighted by Gasteiger charge is 2.24. The van der Waals surface area contributed by atoms with Gasteiger partial charge in [-0.1, -0.05) is 48.5 Å². The number of carbonyl (C=O) groups excluding carboxylic acids is 2. The number of amides is 2. The first kappa shape index (κ1) is 29.6. The highest BCUT2D eigenvalue weighted by Crippen LogP contribution is 2.17. The second-order valence-corrected chi connectivity index (χ2v) is 9.79. The molecule has 0 atom stereocenters. The number of benzene rings is 3. The SMILES string of the molecule is COCCCN(CC(=O)N(Cc1ccccc1)Cc1cccn1Cc1ccc(F)cc1)C(=O)c1cccc(OC)c1. The van der Waals surface area contributed by atoms with E-state index in [9.17, 15) is 14.0 Å². The summed E-state index contributed by atoms with van der Waals surface area (Å²) >= 11 is 0. The lowest BCUT2D eigenvalue weighted by atomic mass is 10.1. The molecule has 3 aromatic carbocycles. The molecule has 0 spiro atoms. The highest BCUT2D eigenvalue weighted by atomic mass is 19.1. The molecule has 1 heterocycles. The summed E-state index contributed by atoms with van der Waals surface area (Å²) in [6.45, 7) is 2.05. The van der Waals surface area contributed by atoms with Crippen LogP contribution in [0.4, 0.5) is 4.39 Å². The van der Waals surface area contributed by atoms with E-state index in [1.807, 2.05) is 48.7 Å². The third-order valence-electron chi connectivity index (χ3n) is 6.82. The van der Waals surface area contributed by atoms with E-state index in [1.54, 1.807) is 60.4 Å². The van der Waals surface area contributed by atoms with Gasteiger partial charge in [0.05, 0.1) is 13.7 Å². The number of aromatic nitrogens is 1. The average Bonchev–Trinajstić information content (AvgIpc) is 3.43. The summed E-state index contributed by atoms with van der Waals surface area (Å²) in [7, 11) is 3.17. The summed E-state index contributed by atoms with van der Waals surface area (Å²) in [6.07, 6.45) is 2.55. The maximum Gasteiger partial charge on any atom is 0.254 e. The van der Waals surface area contributed by atoms with Crippen molar-refractivity contribution in [3.05, 3.63) is 125 Å². The zero-order valence-electron chi connectivity index (χ0n) is 23.5. The molecule has 41 heavy (non-hydrogen) atoms. The van der Waals surface area contributed by atoms with Gasteiger partial charge in [0.2, 0.25) is 5.91 Å². The van der Waals surface area contributed by atoms with Gasteiger partial charge in [0.25, 0.3) is 5.91 Å². The number of nitrogens with zero attached hydrogens (tertiary/aromatic N) is 3. The molecule has 2 amide bonds. The van der Waals surface area contributed by atoms with Crippen LogP contribution in [0.3, 0.4) is 0 Å². The minimum absolute atomic E-state index is 0.0781. The second kappa shape index (κ2) is 14.8. The Labute approximate surface area is 240 Å². The van der Waals surface area contributed by atoms with Crippen LogP contribution in [0.2, 0.25) is 0 Å². The number of ether oxygens (including phenoxy) is 2. The van der Waals surface area contributed by atoms with Crippen LogP contribution < -0.4 is 4.74 Å². The van der Waals surface area contributed by atoms with E-state index in [2.05, 4.69) is 4.57 Å². The molecule has 214 valence electrons. The Hall–Kier alpha value is -4.43. The quantitative estimate of drug-likeness (QED) is 0.195. The molecule has 0 aliphatic carbocycles. The zero-order chi connectivity index (χ0) is 29.0. The first-order valence-electron chi connectivity index (χ1n) is 13.6. The van der Waals surface area contributed by atoms with Crippen LogP contribution in [0.5, 0.6) is 5.75 Å². The maximum atomic E-state index is 13.9. The van der Waals surface area contributed by atoms with Gasteiger partial charge in [-0.05, 0) is 60.0 Å². The van der Waals surface area contributed by atoms with Crippen molar-refractivity contribution >= 4 is 11.8 Å². The van der Waals surface area contributed by atoms with Gasteiger partial charge in [-0.2, -0.15) is 0 Å². The van der Waals surface area contributed by atoms with Crippen molar-refractivity contribution in [2.24, 2.45) is 0 Å². The van der Waals surface area contributed by atoms with Crippen LogP contribution >= 0.6 is 0 Å². The highest BCUT2D eigenvalue weighted by molar-refractivity contribution is 5.96. The van der Waals surface area contributed by atoms with Gasteiger partial charge < -0.3 is 23.8 Å². The number of rotatable bonds is 14. The molecule has 0 bridgehead atoms. The lowest BCUT2D eigenvalue weighted by molar-refractivity contribution is -0.133. The molecule has 0 saturated carbocycles. The molecule has 0 radical (unpaired) electrons. The fourth-order valence-electron chi connectivity index (χ4n) is 4.62. The summed E-state index contributed by atoms with van der Waals surface area (Å²) < 4.78 is 26.0. The Morgan fingerprint density at radius 2 is 1.61 bits per heavy atom. The molecule has 1 aromatic heterocycles.